The molecule has 0 bridgehead atoms. The van der Waals surface area contributed by atoms with Crippen LogP contribution in [0.4, 0.5) is 0 Å². The molecule has 0 radical (unpaired) electrons. The molecule has 2 rings (SSSR count). The minimum Gasteiger partial charge on any atom is -0.493 e. The fourth-order valence-electron chi connectivity index (χ4n) is 3.07. The lowest BCUT2D eigenvalue weighted by atomic mass is 10.1. The van der Waals surface area contributed by atoms with E-state index in [4.69, 9.17) is 9.15 Å². The summed E-state index contributed by atoms with van der Waals surface area (Å²) in [5.74, 6) is 1.69. The van der Waals surface area contributed by atoms with E-state index in [-0.39, 0.29) is 11.9 Å². The average Bonchev–Trinajstić information content (AvgIpc) is 3.14. The molecule has 1 aromatic carbocycles. The van der Waals surface area contributed by atoms with Gasteiger partial charge in [0, 0.05) is 6.54 Å². The third-order valence-corrected chi connectivity index (χ3v) is 4.53. The van der Waals surface area contributed by atoms with E-state index < -0.39 is 0 Å². The molecule has 1 N–H and O–H groups in total. The van der Waals surface area contributed by atoms with E-state index in [1.165, 1.54) is 5.56 Å². The largest absolute Gasteiger partial charge is 0.493 e. The van der Waals surface area contributed by atoms with E-state index in [0.717, 1.165) is 30.2 Å². The maximum atomic E-state index is 12.2. The molecule has 0 aliphatic rings. The van der Waals surface area contributed by atoms with Crippen molar-refractivity contribution in [1.82, 2.24) is 10.2 Å². The van der Waals surface area contributed by atoms with Gasteiger partial charge in [0.15, 0.2) is 0 Å². The highest BCUT2D eigenvalue weighted by molar-refractivity contribution is 5.76. The zero-order chi connectivity index (χ0) is 18.9. The number of carbonyl (C=O) groups excluding carboxylic acids is 1. The number of nitrogens with one attached hydrogen (secondary N) is 1. The summed E-state index contributed by atoms with van der Waals surface area (Å²) in [7, 11) is 0. The van der Waals surface area contributed by atoms with Crippen molar-refractivity contribution in [3.05, 3.63) is 53.5 Å². The van der Waals surface area contributed by atoms with Crippen LogP contribution in [-0.4, -0.2) is 37.0 Å². The van der Waals surface area contributed by atoms with Crippen molar-refractivity contribution in [2.75, 3.05) is 26.2 Å². The normalized spacial score (nSPS) is 12.2. The van der Waals surface area contributed by atoms with E-state index in [0.29, 0.717) is 19.6 Å². The molecule has 0 aliphatic heterocycles. The quantitative estimate of drug-likeness (QED) is 0.701. The number of carbonyl (C=O) groups is 1. The summed E-state index contributed by atoms with van der Waals surface area (Å²) in [5, 5.41) is 3.01. The van der Waals surface area contributed by atoms with Crippen LogP contribution < -0.4 is 10.1 Å². The number of hydrogen-bond donors (Lipinski definition) is 1. The standard InChI is InChI=1S/C21H30N2O3/c1-5-23(6-2)18(20-8-7-12-25-20)15-22-21(24)11-13-26-19-10-9-16(3)14-17(19)4/h7-10,12,14,18H,5-6,11,13,15H2,1-4H3,(H,22,24). The maximum absolute atomic E-state index is 12.2. The topological polar surface area (TPSA) is 54.7 Å². The summed E-state index contributed by atoms with van der Waals surface area (Å²) >= 11 is 0. The predicted molar refractivity (Wildman–Crippen MR) is 103 cm³/mol. The molecule has 0 spiro atoms. The Kier molecular flexibility index (Phi) is 7.73. The monoisotopic (exact) mass is 358 g/mol. The first-order valence-corrected chi connectivity index (χ1v) is 9.29. The Hall–Kier alpha value is -2.27. The van der Waals surface area contributed by atoms with Gasteiger partial charge in [0.1, 0.15) is 11.5 Å². The summed E-state index contributed by atoms with van der Waals surface area (Å²) in [6, 6.07) is 9.93. The molecule has 1 unspecified atom stereocenters. The van der Waals surface area contributed by atoms with Crippen LogP contribution in [0.1, 0.15) is 43.2 Å². The highest BCUT2D eigenvalue weighted by Crippen LogP contribution is 2.20. The van der Waals surface area contributed by atoms with Crippen LogP contribution in [0.5, 0.6) is 5.75 Å². The van der Waals surface area contributed by atoms with Crippen molar-refractivity contribution in [1.29, 1.82) is 0 Å². The first-order valence-electron chi connectivity index (χ1n) is 9.29. The van der Waals surface area contributed by atoms with Gasteiger partial charge in [0.2, 0.25) is 5.91 Å². The first-order chi connectivity index (χ1) is 12.5. The van der Waals surface area contributed by atoms with Gasteiger partial charge in [-0.1, -0.05) is 31.5 Å². The van der Waals surface area contributed by atoms with E-state index in [2.05, 4.69) is 37.1 Å². The van der Waals surface area contributed by atoms with Gasteiger partial charge in [0.25, 0.3) is 0 Å². The molecule has 1 atom stereocenters. The number of rotatable bonds is 10. The minimum atomic E-state index is -0.0153. The lowest BCUT2D eigenvalue weighted by Crippen LogP contribution is -2.38. The minimum absolute atomic E-state index is 0.0153. The van der Waals surface area contributed by atoms with Crippen LogP contribution in [0.25, 0.3) is 0 Å². The highest BCUT2D eigenvalue weighted by atomic mass is 16.5. The van der Waals surface area contributed by atoms with E-state index in [9.17, 15) is 4.79 Å². The van der Waals surface area contributed by atoms with Crippen LogP contribution in [-0.2, 0) is 4.79 Å². The number of amides is 1. The van der Waals surface area contributed by atoms with Gasteiger partial charge in [-0.2, -0.15) is 0 Å². The number of hydrogen-bond acceptors (Lipinski definition) is 4. The van der Waals surface area contributed by atoms with Crippen LogP contribution in [0.15, 0.2) is 41.0 Å². The van der Waals surface area contributed by atoms with Gasteiger partial charge < -0.3 is 14.5 Å². The van der Waals surface area contributed by atoms with Crippen LogP contribution >= 0.6 is 0 Å². The lowest BCUT2D eigenvalue weighted by molar-refractivity contribution is -0.121. The number of furan rings is 1. The van der Waals surface area contributed by atoms with Gasteiger partial charge in [-0.05, 0) is 50.7 Å². The molecule has 5 nitrogen and oxygen atoms in total. The molecule has 142 valence electrons. The molecule has 0 saturated heterocycles. The second kappa shape index (κ2) is 10.0. The number of aryl methyl sites for hydroxylation is 2. The highest BCUT2D eigenvalue weighted by Gasteiger charge is 2.21. The molecule has 1 heterocycles. The van der Waals surface area contributed by atoms with Crippen molar-refractivity contribution < 1.29 is 13.9 Å². The fraction of sp³-hybridized carbons (Fsp3) is 0.476. The Bertz CT molecular complexity index is 679. The Morgan fingerprint density at radius 3 is 2.62 bits per heavy atom. The Morgan fingerprint density at radius 2 is 2.00 bits per heavy atom. The first kappa shape index (κ1) is 20.0. The van der Waals surface area contributed by atoms with Gasteiger partial charge in [-0.3, -0.25) is 9.69 Å². The SMILES string of the molecule is CCN(CC)C(CNC(=O)CCOc1ccc(C)cc1C)c1ccco1. The zero-order valence-corrected chi connectivity index (χ0v) is 16.2. The van der Waals surface area contributed by atoms with Gasteiger partial charge in [-0.15, -0.1) is 0 Å². The van der Waals surface area contributed by atoms with Crippen molar-refractivity contribution in [3.8, 4) is 5.75 Å². The Balaban J connectivity index is 1.82. The zero-order valence-electron chi connectivity index (χ0n) is 16.2. The number of likely N-dealkylation sites (N-methyl/N-ethyl adjacent to an activating group) is 1. The van der Waals surface area contributed by atoms with Crippen LogP contribution in [0.3, 0.4) is 0 Å². The van der Waals surface area contributed by atoms with E-state index in [1.54, 1.807) is 6.26 Å². The van der Waals surface area contributed by atoms with E-state index >= 15 is 0 Å². The molecule has 1 amide bonds. The van der Waals surface area contributed by atoms with Crippen LogP contribution in [0.2, 0.25) is 0 Å². The summed E-state index contributed by atoms with van der Waals surface area (Å²) in [4.78, 5) is 14.5. The second-order valence-electron chi connectivity index (χ2n) is 6.42. The summed E-state index contributed by atoms with van der Waals surface area (Å²) in [6.45, 7) is 11.0. The lowest BCUT2D eigenvalue weighted by Gasteiger charge is -2.28. The number of benzene rings is 1. The maximum Gasteiger partial charge on any atom is 0.223 e. The summed E-state index contributed by atoms with van der Waals surface area (Å²) < 4.78 is 11.3. The molecule has 0 saturated carbocycles. The van der Waals surface area contributed by atoms with Crippen molar-refractivity contribution >= 4 is 5.91 Å². The second-order valence-corrected chi connectivity index (χ2v) is 6.42. The molecule has 5 heteroatoms. The summed E-state index contributed by atoms with van der Waals surface area (Å²) in [6.07, 6.45) is 2.00. The third-order valence-electron chi connectivity index (χ3n) is 4.53. The number of ether oxygens (including phenoxy) is 1. The Morgan fingerprint density at radius 1 is 1.23 bits per heavy atom. The van der Waals surface area contributed by atoms with Gasteiger partial charge in [0.05, 0.1) is 25.3 Å². The molecule has 0 fully saturated rings. The molecule has 26 heavy (non-hydrogen) atoms. The molecule has 0 aliphatic carbocycles. The number of nitrogens with zero attached hydrogens (tertiary/aromatic N) is 1. The summed E-state index contributed by atoms with van der Waals surface area (Å²) in [5.41, 5.74) is 2.29. The van der Waals surface area contributed by atoms with Crippen molar-refractivity contribution in [2.24, 2.45) is 0 Å². The Labute approximate surface area is 156 Å². The van der Waals surface area contributed by atoms with E-state index in [1.807, 2.05) is 31.2 Å². The fourth-order valence-corrected chi connectivity index (χ4v) is 3.07. The van der Waals surface area contributed by atoms with Crippen molar-refractivity contribution in [2.45, 2.75) is 40.2 Å². The van der Waals surface area contributed by atoms with Gasteiger partial charge >= 0.3 is 0 Å². The molecule has 1 aromatic heterocycles. The molecular formula is C21H30N2O3. The average molecular weight is 358 g/mol. The molecule has 2 aromatic rings. The van der Waals surface area contributed by atoms with Crippen LogP contribution in [0, 0.1) is 13.8 Å². The third kappa shape index (κ3) is 5.63. The predicted octanol–water partition coefficient (Wildman–Crippen LogP) is 3.86. The molecular weight excluding hydrogens is 328 g/mol. The van der Waals surface area contributed by atoms with Gasteiger partial charge in [-0.25, -0.2) is 0 Å². The van der Waals surface area contributed by atoms with Crippen molar-refractivity contribution in [3.63, 3.8) is 0 Å². The smallest absolute Gasteiger partial charge is 0.223 e.